The second-order valence-electron chi connectivity index (χ2n) is 3.40. The van der Waals surface area contributed by atoms with E-state index in [1.807, 2.05) is 25.1 Å². The fourth-order valence-electron chi connectivity index (χ4n) is 1.45. The third-order valence-corrected chi connectivity index (χ3v) is 2.18. The van der Waals surface area contributed by atoms with Gasteiger partial charge in [-0.15, -0.1) is 0 Å². The Kier molecular flexibility index (Phi) is 2.39. The van der Waals surface area contributed by atoms with Crippen molar-refractivity contribution in [2.45, 2.75) is 19.4 Å². The van der Waals surface area contributed by atoms with Crippen LogP contribution in [0.1, 0.15) is 12.0 Å². The zero-order valence-electron chi connectivity index (χ0n) is 8.03. The topological polar surface area (TPSA) is 35.5 Å². The molecule has 0 radical (unpaired) electrons. The summed E-state index contributed by atoms with van der Waals surface area (Å²) >= 11 is 0. The lowest BCUT2D eigenvalue weighted by molar-refractivity contribution is -0.109. The van der Waals surface area contributed by atoms with Gasteiger partial charge in [0.2, 0.25) is 0 Å². The van der Waals surface area contributed by atoms with E-state index in [9.17, 15) is 4.79 Å². The van der Waals surface area contributed by atoms with Crippen molar-refractivity contribution in [3.05, 3.63) is 23.8 Å². The minimum absolute atomic E-state index is 0.137. The molecule has 1 aliphatic rings. The van der Waals surface area contributed by atoms with Crippen LogP contribution in [0.4, 0.5) is 0 Å². The van der Waals surface area contributed by atoms with Gasteiger partial charge >= 0.3 is 0 Å². The second kappa shape index (κ2) is 3.70. The number of aryl methyl sites for hydroxylation is 1. The number of carbonyl (C=O) groups excluding carboxylic acids is 1. The standard InChI is InChI=1S/C11H12O3/c1-8-2-3-10-11(6-8)14-9(4-5-12)7-13-10/h2-3,5-6,9H,4,7H2,1H3. The molecule has 3 nitrogen and oxygen atoms in total. The van der Waals surface area contributed by atoms with E-state index >= 15 is 0 Å². The van der Waals surface area contributed by atoms with Crippen LogP contribution in [0, 0.1) is 6.92 Å². The van der Waals surface area contributed by atoms with Crippen LogP contribution >= 0.6 is 0 Å². The van der Waals surface area contributed by atoms with Gasteiger partial charge in [0.15, 0.2) is 11.5 Å². The monoisotopic (exact) mass is 192 g/mol. The molecule has 0 bridgehead atoms. The first-order valence-electron chi connectivity index (χ1n) is 4.63. The maximum atomic E-state index is 10.3. The molecule has 74 valence electrons. The zero-order chi connectivity index (χ0) is 9.97. The lowest BCUT2D eigenvalue weighted by Crippen LogP contribution is -2.29. The summed E-state index contributed by atoms with van der Waals surface area (Å²) in [4.78, 5) is 10.3. The van der Waals surface area contributed by atoms with Gasteiger partial charge in [0.25, 0.3) is 0 Å². The van der Waals surface area contributed by atoms with Gasteiger partial charge in [-0.1, -0.05) is 6.07 Å². The van der Waals surface area contributed by atoms with Crippen LogP contribution in [0.3, 0.4) is 0 Å². The third-order valence-electron chi connectivity index (χ3n) is 2.18. The van der Waals surface area contributed by atoms with E-state index in [-0.39, 0.29) is 6.10 Å². The highest BCUT2D eigenvalue weighted by Crippen LogP contribution is 2.32. The Balaban J connectivity index is 2.20. The molecule has 0 saturated carbocycles. The summed E-state index contributed by atoms with van der Waals surface area (Å²) in [6, 6.07) is 5.79. The smallest absolute Gasteiger partial charge is 0.162 e. The van der Waals surface area contributed by atoms with Crippen molar-refractivity contribution in [1.29, 1.82) is 0 Å². The zero-order valence-corrected chi connectivity index (χ0v) is 8.03. The molecule has 1 aliphatic heterocycles. The van der Waals surface area contributed by atoms with E-state index in [1.165, 1.54) is 0 Å². The maximum Gasteiger partial charge on any atom is 0.162 e. The van der Waals surface area contributed by atoms with Crippen molar-refractivity contribution in [2.75, 3.05) is 6.61 Å². The van der Waals surface area contributed by atoms with Gasteiger partial charge in [-0.05, 0) is 24.6 Å². The molecular formula is C11H12O3. The lowest BCUT2D eigenvalue weighted by atomic mass is 10.2. The molecular weight excluding hydrogens is 180 g/mol. The van der Waals surface area contributed by atoms with E-state index in [1.54, 1.807) is 0 Å². The molecule has 0 spiro atoms. The SMILES string of the molecule is Cc1ccc2c(c1)OC(CC=O)CO2. The molecule has 14 heavy (non-hydrogen) atoms. The first-order chi connectivity index (χ1) is 6.79. The average Bonchev–Trinajstić information content (AvgIpc) is 2.17. The predicted molar refractivity (Wildman–Crippen MR) is 51.8 cm³/mol. The Morgan fingerprint density at radius 1 is 1.50 bits per heavy atom. The van der Waals surface area contributed by atoms with Crippen molar-refractivity contribution >= 4 is 6.29 Å². The highest BCUT2D eigenvalue weighted by Gasteiger charge is 2.20. The van der Waals surface area contributed by atoms with Gasteiger partial charge in [0.05, 0.1) is 0 Å². The Labute approximate surface area is 82.6 Å². The maximum absolute atomic E-state index is 10.3. The molecule has 2 rings (SSSR count). The number of hydrogen-bond donors (Lipinski definition) is 0. The number of hydrogen-bond acceptors (Lipinski definition) is 3. The number of benzene rings is 1. The number of aldehydes is 1. The van der Waals surface area contributed by atoms with Crippen LogP contribution in [0.15, 0.2) is 18.2 Å². The fraction of sp³-hybridized carbons (Fsp3) is 0.364. The fourth-order valence-corrected chi connectivity index (χ4v) is 1.45. The van der Waals surface area contributed by atoms with E-state index in [4.69, 9.17) is 9.47 Å². The second-order valence-corrected chi connectivity index (χ2v) is 3.40. The molecule has 0 saturated heterocycles. The molecule has 1 aromatic rings. The summed E-state index contributed by atoms with van der Waals surface area (Å²) in [6.45, 7) is 2.45. The van der Waals surface area contributed by atoms with Crippen LogP contribution in [-0.2, 0) is 4.79 Å². The van der Waals surface area contributed by atoms with E-state index in [0.29, 0.717) is 13.0 Å². The molecule has 1 heterocycles. The van der Waals surface area contributed by atoms with Crippen LogP contribution in [0.25, 0.3) is 0 Å². The van der Waals surface area contributed by atoms with Crippen molar-refractivity contribution in [2.24, 2.45) is 0 Å². The highest BCUT2D eigenvalue weighted by atomic mass is 16.6. The molecule has 0 N–H and O–H groups in total. The van der Waals surface area contributed by atoms with Crippen molar-refractivity contribution in [1.82, 2.24) is 0 Å². The summed E-state index contributed by atoms with van der Waals surface area (Å²) in [5, 5.41) is 0. The van der Waals surface area contributed by atoms with E-state index in [0.717, 1.165) is 23.3 Å². The van der Waals surface area contributed by atoms with Gasteiger partial charge in [0.1, 0.15) is 19.0 Å². The minimum atomic E-state index is -0.137. The molecule has 1 unspecified atom stereocenters. The number of carbonyl (C=O) groups is 1. The quantitative estimate of drug-likeness (QED) is 0.669. The molecule has 3 heteroatoms. The predicted octanol–water partition coefficient (Wildman–Crippen LogP) is 1.72. The van der Waals surface area contributed by atoms with E-state index in [2.05, 4.69) is 0 Å². The van der Waals surface area contributed by atoms with Gasteiger partial charge in [-0.3, -0.25) is 0 Å². The molecule has 0 aromatic heterocycles. The van der Waals surface area contributed by atoms with Gasteiger partial charge in [-0.25, -0.2) is 0 Å². The van der Waals surface area contributed by atoms with Crippen LogP contribution in [-0.4, -0.2) is 19.0 Å². The lowest BCUT2D eigenvalue weighted by Gasteiger charge is -2.25. The van der Waals surface area contributed by atoms with Gasteiger partial charge in [0, 0.05) is 6.42 Å². The number of rotatable bonds is 2. The van der Waals surface area contributed by atoms with Crippen LogP contribution < -0.4 is 9.47 Å². The third kappa shape index (κ3) is 1.71. The summed E-state index contributed by atoms with van der Waals surface area (Å²) in [5.74, 6) is 1.50. The first kappa shape index (κ1) is 9.06. The first-order valence-corrected chi connectivity index (χ1v) is 4.63. The van der Waals surface area contributed by atoms with Gasteiger partial charge in [-0.2, -0.15) is 0 Å². The summed E-state index contributed by atoms with van der Waals surface area (Å²) in [6.07, 6.45) is 1.10. The number of ether oxygens (including phenoxy) is 2. The van der Waals surface area contributed by atoms with Crippen LogP contribution in [0.2, 0.25) is 0 Å². The Bertz CT molecular complexity index is 346. The molecule has 0 fully saturated rings. The Morgan fingerprint density at radius 3 is 3.14 bits per heavy atom. The summed E-state index contributed by atoms with van der Waals surface area (Å²) in [5.41, 5.74) is 1.12. The molecule has 0 amide bonds. The van der Waals surface area contributed by atoms with Gasteiger partial charge < -0.3 is 14.3 Å². The largest absolute Gasteiger partial charge is 0.486 e. The summed E-state index contributed by atoms with van der Waals surface area (Å²) < 4.78 is 11.1. The highest BCUT2D eigenvalue weighted by molar-refractivity contribution is 5.51. The van der Waals surface area contributed by atoms with Crippen molar-refractivity contribution in [3.8, 4) is 11.5 Å². The molecule has 1 aromatic carbocycles. The van der Waals surface area contributed by atoms with Crippen molar-refractivity contribution < 1.29 is 14.3 Å². The minimum Gasteiger partial charge on any atom is -0.486 e. The number of fused-ring (bicyclic) bond motifs is 1. The normalized spacial score (nSPS) is 19.1. The Hall–Kier alpha value is -1.51. The Morgan fingerprint density at radius 2 is 2.36 bits per heavy atom. The van der Waals surface area contributed by atoms with Crippen molar-refractivity contribution in [3.63, 3.8) is 0 Å². The van der Waals surface area contributed by atoms with Crippen LogP contribution in [0.5, 0.6) is 11.5 Å². The van der Waals surface area contributed by atoms with E-state index < -0.39 is 0 Å². The molecule has 0 aliphatic carbocycles. The molecule has 1 atom stereocenters. The summed E-state index contributed by atoms with van der Waals surface area (Å²) in [7, 11) is 0. The average molecular weight is 192 g/mol.